The lowest BCUT2D eigenvalue weighted by Crippen LogP contribution is -1.94. The standard InChI is InChI=1S/C9H6N2O3/c10-7-8(11(12)13)3-1-4-9-5-2-6-14-9/h1-6H. The summed E-state index contributed by atoms with van der Waals surface area (Å²) < 4.78 is 4.94. The molecule has 14 heavy (non-hydrogen) atoms. The number of allylic oxidation sites excluding steroid dienone is 3. The summed E-state index contributed by atoms with van der Waals surface area (Å²) >= 11 is 0. The molecular weight excluding hydrogens is 184 g/mol. The Morgan fingerprint density at radius 1 is 1.71 bits per heavy atom. The first-order valence-electron chi connectivity index (χ1n) is 3.70. The lowest BCUT2D eigenvalue weighted by molar-refractivity contribution is -0.417. The Balaban J connectivity index is 2.71. The molecule has 0 fully saturated rings. The zero-order valence-electron chi connectivity index (χ0n) is 7.08. The zero-order valence-corrected chi connectivity index (χ0v) is 7.08. The Labute approximate surface area is 79.7 Å². The van der Waals surface area contributed by atoms with E-state index in [1.165, 1.54) is 24.5 Å². The molecule has 5 heteroatoms. The highest BCUT2D eigenvalue weighted by molar-refractivity contribution is 5.45. The van der Waals surface area contributed by atoms with E-state index in [2.05, 4.69) is 0 Å². The van der Waals surface area contributed by atoms with Crippen LogP contribution in [0.25, 0.3) is 6.08 Å². The number of furan rings is 1. The van der Waals surface area contributed by atoms with Gasteiger partial charge in [0.15, 0.2) is 6.07 Å². The van der Waals surface area contributed by atoms with Gasteiger partial charge in [0, 0.05) is 6.08 Å². The predicted octanol–water partition coefficient (Wildman–Crippen LogP) is 1.98. The minimum atomic E-state index is -0.744. The van der Waals surface area contributed by atoms with Crippen LogP contribution in [0.15, 0.2) is 40.7 Å². The summed E-state index contributed by atoms with van der Waals surface area (Å²) in [4.78, 5) is 9.44. The SMILES string of the molecule is N#CC(=CC=Cc1ccco1)[N+](=O)[O-]. The molecule has 1 rings (SSSR count). The third-order valence-electron chi connectivity index (χ3n) is 1.37. The molecule has 0 unspecified atom stereocenters. The van der Waals surface area contributed by atoms with Crippen LogP contribution in [0.1, 0.15) is 5.76 Å². The van der Waals surface area contributed by atoms with Gasteiger partial charge in [-0.25, -0.2) is 0 Å². The van der Waals surface area contributed by atoms with Gasteiger partial charge in [-0.15, -0.1) is 0 Å². The average Bonchev–Trinajstić information content (AvgIpc) is 2.64. The van der Waals surface area contributed by atoms with Crippen LogP contribution in [0, 0.1) is 21.4 Å². The van der Waals surface area contributed by atoms with Crippen LogP contribution >= 0.6 is 0 Å². The van der Waals surface area contributed by atoms with E-state index >= 15 is 0 Å². The van der Waals surface area contributed by atoms with Crippen molar-refractivity contribution in [3.8, 4) is 6.07 Å². The van der Waals surface area contributed by atoms with Gasteiger partial charge in [0.25, 0.3) is 0 Å². The van der Waals surface area contributed by atoms with Crippen LogP contribution in [0.5, 0.6) is 0 Å². The van der Waals surface area contributed by atoms with Gasteiger partial charge in [0.05, 0.1) is 11.2 Å². The number of nitriles is 1. The van der Waals surface area contributed by atoms with Crippen LogP contribution in [-0.4, -0.2) is 4.92 Å². The van der Waals surface area contributed by atoms with E-state index < -0.39 is 10.6 Å². The number of nitro groups is 1. The molecule has 5 nitrogen and oxygen atoms in total. The molecule has 0 aromatic carbocycles. The molecule has 0 spiro atoms. The van der Waals surface area contributed by atoms with E-state index in [1.807, 2.05) is 0 Å². The minimum absolute atomic E-state index is 0.507. The highest BCUT2D eigenvalue weighted by atomic mass is 16.6. The molecule has 0 amide bonds. The monoisotopic (exact) mass is 190 g/mol. The first kappa shape index (κ1) is 9.74. The average molecular weight is 190 g/mol. The number of nitrogens with zero attached hydrogens (tertiary/aromatic N) is 2. The van der Waals surface area contributed by atoms with Gasteiger partial charge < -0.3 is 4.42 Å². The second-order valence-electron chi connectivity index (χ2n) is 2.30. The van der Waals surface area contributed by atoms with Crippen LogP contribution < -0.4 is 0 Å². The van der Waals surface area contributed by atoms with Crippen LogP contribution in [0.3, 0.4) is 0 Å². The maximum absolute atomic E-state index is 10.2. The fraction of sp³-hybridized carbons (Fsp3) is 0. The summed E-state index contributed by atoms with van der Waals surface area (Å²) in [6.07, 6.45) is 5.52. The maximum Gasteiger partial charge on any atom is 0.345 e. The molecule has 0 N–H and O–H groups in total. The molecule has 0 aliphatic heterocycles. The van der Waals surface area contributed by atoms with Crippen molar-refractivity contribution in [2.24, 2.45) is 0 Å². The Morgan fingerprint density at radius 2 is 2.50 bits per heavy atom. The topological polar surface area (TPSA) is 80.1 Å². The molecule has 1 heterocycles. The van der Waals surface area contributed by atoms with E-state index in [0.717, 1.165) is 6.08 Å². The molecular formula is C9H6N2O3. The van der Waals surface area contributed by atoms with Gasteiger partial charge in [-0.1, -0.05) is 6.08 Å². The van der Waals surface area contributed by atoms with Crippen LogP contribution in [0.2, 0.25) is 0 Å². The summed E-state index contributed by atoms with van der Waals surface area (Å²) in [6, 6.07) is 4.86. The molecule has 70 valence electrons. The highest BCUT2D eigenvalue weighted by Gasteiger charge is 2.05. The van der Waals surface area contributed by atoms with Gasteiger partial charge in [-0.3, -0.25) is 10.1 Å². The zero-order chi connectivity index (χ0) is 10.4. The fourth-order valence-corrected chi connectivity index (χ4v) is 0.759. The van der Waals surface area contributed by atoms with E-state index in [-0.39, 0.29) is 0 Å². The van der Waals surface area contributed by atoms with Crippen molar-refractivity contribution in [2.75, 3.05) is 0 Å². The number of hydrogen-bond acceptors (Lipinski definition) is 4. The van der Waals surface area contributed by atoms with E-state index in [9.17, 15) is 10.1 Å². The largest absolute Gasteiger partial charge is 0.465 e. The third kappa shape index (κ3) is 2.60. The Hall–Kier alpha value is -2.35. The van der Waals surface area contributed by atoms with Crippen LogP contribution in [-0.2, 0) is 0 Å². The summed E-state index contributed by atoms with van der Waals surface area (Å²) in [5.74, 6) is 0.571. The summed E-state index contributed by atoms with van der Waals surface area (Å²) in [7, 11) is 0. The van der Waals surface area contributed by atoms with Crippen molar-refractivity contribution in [3.05, 3.63) is 52.1 Å². The van der Waals surface area contributed by atoms with Gasteiger partial charge in [0.1, 0.15) is 5.76 Å². The first-order chi connectivity index (χ1) is 6.74. The smallest absolute Gasteiger partial charge is 0.345 e. The highest BCUT2D eigenvalue weighted by Crippen LogP contribution is 2.03. The molecule has 0 aliphatic rings. The second-order valence-corrected chi connectivity index (χ2v) is 2.30. The molecule has 0 bridgehead atoms. The Bertz CT molecular complexity index is 410. The maximum atomic E-state index is 10.2. The molecule has 0 radical (unpaired) electrons. The van der Waals surface area contributed by atoms with E-state index in [1.54, 1.807) is 12.1 Å². The molecule has 1 aromatic rings. The molecule has 0 saturated heterocycles. The summed E-state index contributed by atoms with van der Waals surface area (Å²) in [6.45, 7) is 0. The van der Waals surface area contributed by atoms with Gasteiger partial charge >= 0.3 is 5.70 Å². The molecule has 0 aliphatic carbocycles. The molecule has 0 saturated carbocycles. The first-order valence-corrected chi connectivity index (χ1v) is 3.70. The lowest BCUT2D eigenvalue weighted by Gasteiger charge is -1.82. The van der Waals surface area contributed by atoms with Crippen molar-refractivity contribution in [1.82, 2.24) is 0 Å². The van der Waals surface area contributed by atoms with Crippen LogP contribution in [0.4, 0.5) is 0 Å². The van der Waals surface area contributed by atoms with E-state index in [4.69, 9.17) is 9.68 Å². The quantitative estimate of drug-likeness (QED) is 0.316. The van der Waals surface area contributed by atoms with Crippen molar-refractivity contribution in [2.45, 2.75) is 0 Å². The van der Waals surface area contributed by atoms with E-state index in [0.29, 0.717) is 5.76 Å². The third-order valence-corrected chi connectivity index (χ3v) is 1.37. The number of hydrogen-bond donors (Lipinski definition) is 0. The van der Waals surface area contributed by atoms with Crippen molar-refractivity contribution < 1.29 is 9.34 Å². The molecule has 0 atom stereocenters. The Kier molecular flexibility index (Phi) is 3.21. The lowest BCUT2D eigenvalue weighted by atomic mass is 10.3. The number of rotatable bonds is 3. The normalized spacial score (nSPS) is 11.5. The van der Waals surface area contributed by atoms with Gasteiger partial charge in [-0.05, 0) is 18.2 Å². The fourth-order valence-electron chi connectivity index (χ4n) is 0.759. The molecule has 1 aromatic heterocycles. The van der Waals surface area contributed by atoms with Crippen molar-refractivity contribution in [3.63, 3.8) is 0 Å². The predicted molar refractivity (Wildman–Crippen MR) is 48.4 cm³/mol. The second kappa shape index (κ2) is 4.62. The summed E-state index contributed by atoms with van der Waals surface area (Å²) in [5.41, 5.74) is -0.507. The van der Waals surface area contributed by atoms with Gasteiger partial charge in [0.2, 0.25) is 0 Å². The van der Waals surface area contributed by atoms with Gasteiger partial charge in [-0.2, -0.15) is 5.26 Å². The van der Waals surface area contributed by atoms with Crippen molar-refractivity contribution in [1.29, 1.82) is 5.26 Å². The minimum Gasteiger partial charge on any atom is -0.465 e. The summed E-state index contributed by atoms with van der Waals surface area (Å²) in [5, 5.41) is 18.5. The Morgan fingerprint density at radius 3 is 3.00 bits per heavy atom. The van der Waals surface area contributed by atoms with Crippen molar-refractivity contribution >= 4 is 6.08 Å².